The Labute approximate surface area is 162 Å². The highest BCUT2D eigenvalue weighted by atomic mass is 16.8. The minimum absolute atomic E-state index is 0.0443. The van der Waals surface area contributed by atoms with Crippen molar-refractivity contribution in [3.05, 3.63) is 0 Å². The Morgan fingerprint density at radius 3 is 2.52 bits per heavy atom. The summed E-state index contributed by atoms with van der Waals surface area (Å²) in [7, 11) is 0. The maximum Gasteiger partial charge on any atom is 0.169 e. The van der Waals surface area contributed by atoms with Crippen LogP contribution in [0.15, 0.2) is 0 Å². The zero-order valence-corrected chi connectivity index (χ0v) is 16.7. The molecule has 6 aliphatic rings. The monoisotopic (exact) mass is 377 g/mol. The van der Waals surface area contributed by atoms with Gasteiger partial charge in [0.05, 0.1) is 23.4 Å². The predicted molar refractivity (Wildman–Crippen MR) is 100 cm³/mol. The molecule has 5 nitrogen and oxygen atoms in total. The lowest BCUT2D eigenvalue weighted by Crippen LogP contribution is -2.61. The van der Waals surface area contributed by atoms with Crippen molar-refractivity contribution in [2.75, 3.05) is 6.54 Å². The van der Waals surface area contributed by atoms with Gasteiger partial charge in [-0.1, -0.05) is 19.3 Å². The van der Waals surface area contributed by atoms with E-state index in [-0.39, 0.29) is 40.9 Å². The fourth-order valence-electron chi connectivity index (χ4n) is 7.24. The molecule has 0 aromatic carbocycles. The van der Waals surface area contributed by atoms with Crippen LogP contribution < -0.4 is 5.73 Å². The molecule has 3 unspecified atom stereocenters. The van der Waals surface area contributed by atoms with Gasteiger partial charge >= 0.3 is 0 Å². The molecule has 3 saturated carbocycles. The van der Waals surface area contributed by atoms with E-state index in [1.807, 2.05) is 0 Å². The molecule has 3 saturated heterocycles. The third-order valence-corrected chi connectivity index (χ3v) is 8.53. The van der Waals surface area contributed by atoms with Gasteiger partial charge in [-0.3, -0.25) is 0 Å². The van der Waals surface area contributed by atoms with Gasteiger partial charge in [0.15, 0.2) is 5.79 Å². The van der Waals surface area contributed by atoms with E-state index in [4.69, 9.17) is 24.7 Å². The lowest BCUT2D eigenvalue weighted by molar-refractivity contribution is -0.251. The molecule has 2 N–H and O–H groups in total. The standard InChI is InChI=1S/C22H35NO4/c1-19-14-21(12-17-18(19)26-22(25-17)8-3-2-4-9-22)20(27-19,11-15-5-6-15)10-7-16(13-23)24-21/h15-18H,2-14,23H2,1H3/t16?,17-,18-,19-,20?,21?/m1/s1. The SMILES string of the molecule is C[C@@]12CC3(C[C@H]4OC5(CCCCC5)O[C@H]41)OC(CN)CCC3(CC1CC1)O2. The number of fused-ring (bicyclic) bond motifs is 3. The van der Waals surface area contributed by atoms with Crippen LogP contribution in [0.5, 0.6) is 0 Å². The molecule has 2 bridgehead atoms. The van der Waals surface area contributed by atoms with Gasteiger partial charge in [-0.05, 0) is 44.9 Å². The largest absolute Gasteiger partial charge is 0.367 e. The highest BCUT2D eigenvalue weighted by Crippen LogP contribution is 2.65. The Kier molecular flexibility index (Phi) is 3.72. The topological polar surface area (TPSA) is 62.9 Å². The summed E-state index contributed by atoms with van der Waals surface area (Å²) in [6.45, 7) is 2.87. The van der Waals surface area contributed by atoms with Crippen molar-refractivity contribution < 1.29 is 18.9 Å². The molecule has 0 radical (unpaired) electrons. The van der Waals surface area contributed by atoms with Crippen LogP contribution in [0.4, 0.5) is 0 Å². The lowest BCUT2D eigenvalue weighted by Gasteiger charge is -2.51. The Hall–Kier alpha value is -0.200. The first kappa shape index (κ1) is 17.6. The highest BCUT2D eigenvalue weighted by Gasteiger charge is 2.75. The maximum absolute atomic E-state index is 7.08. The molecule has 0 aromatic heterocycles. The summed E-state index contributed by atoms with van der Waals surface area (Å²) in [6.07, 6.45) is 13.9. The lowest BCUT2D eigenvalue weighted by atomic mass is 9.65. The molecule has 152 valence electrons. The third-order valence-electron chi connectivity index (χ3n) is 8.53. The van der Waals surface area contributed by atoms with Gasteiger partial charge < -0.3 is 24.7 Å². The molecule has 2 spiro atoms. The molecule has 3 aliphatic carbocycles. The first-order valence-electron chi connectivity index (χ1n) is 11.4. The van der Waals surface area contributed by atoms with Crippen molar-refractivity contribution in [3.8, 4) is 0 Å². The molecule has 3 aliphatic heterocycles. The molecule has 0 aromatic rings. The number of hydrogen-bond donors (Lipinski definition) is 1. The summed E-state index contributed by atoms with van der Waals surface area (Å²) in [5.41, 5.74) is 5.34. The van der Waals surface area contributed by atoms with E-state index in [9.17, 15) is 0 Å². The molecule has 6 fully saturated rings. The Morgan fingerprint density at radius 1 is 0.963 bits per heavy atom. The van der Waals surface area contributed by atoms with Crippen LogP contribution in [0.1, 0.15) is 84.0 Å². The predicted octanol–water partition coefficient (Wildman–Crippen LogP) is 3.43. The summed E-state index contributed by atoms with van der Waals surface area (Å²) >= 11 is 0. The smallest absolute Gasteiger partial charge is 0.169 e. The summed E-state index contributed by atoms with van der Waals surface area (Å²) in [4.78, 5) is 0. The second-order valence-corrected chi connectivity index (χ2v) is 10.6. The number of ether oxygens (including phenoxy) is 4. The number of nitrogens with two attached hydrogens (primary N) is 1. The van der Waals surface area contributed by atoms with Crippen LogP contribution in [-0.2, 0) is 18.9 Å². The highest BCUT2D eigenvalue weighted by molar-refractivity contribution is 5.23. The van der Waals surface area contributed by atoms with Gasteiger partial charge in [-0.2, -0.15) is 0 Å². The van der Waals surface area contributed by atoms with Gasteiger partial charge in [-0.15, -0.1) is 0 Å². The first-order chi connectivity index (χ1) is 13.0. The average molecular weight is 378 g/mol. The van der Waals surface area contributed by atoms with E-state index in [2.05, 4.69) is 6.92 Å². The summed E-state index contributed by atoms with van der Waals surface area (Å²) < 4.78 is 27.3. The van der Waals surface area contributed by atoms with Gasteiger partial charge in [0, 0.05) is 32.2 Å². The molecule has 27 heavy (non-hydrogen) atoms. The van der Waals surface area contributed by atoms with Crippen LogP contribution in [0.2, 0.25) is 0 Å². The van der Waals surface area contributed by atoms with Gasteiger partial charge in [-0.25, -0.2) is 0 Å². The van der Waals surface area contributed by atoms with E-state index in [0.29, 0.717) is 6.54 Å². The van der Waals surface area contributed by atoms with E-state index in [1.165, 1.54) is 32.1 Å². The fraction of sp³-hybridized carbons (Fsp3) is 1.00. The van der Waals surface area contributed by atoms with E-state index >= 15 is 0 Å². The minimum atomic E-state index is -0.359. The quantitative estimate of drug-likeness (QED) is 0.816. The fourth-order valence-corrected chi connectivity index (χ4v) is 7.24. The zero-order valence-electron chi connectivity index (χ0n) is 16.7. The van der Waals surface area contributed by atoms with Crippen molar-refractivity contribution in [1.29, 1.82) is 0 Å². The molecule has 0 amide bonds. The van der Waals surface area contributed by atoms with Gasteiger partial charge in [0.1, 0.15) is 11.7 Å². The van der Waals surface area contributed by atoms with Gasteiger partial charge in [0.25, 0.3) is 0 Å². The Morgan fingerprint density at radius 2 is 1.78 bits per heavy atom. The first-order valence-corrected chi connectivity index (χ1v) is 11.4. The third kappa shape index (κ3) is 2.48. The molecule has 5 heteroatoms. The van der Waals surface area contributed by atoms with Crippen LogP contribution in [0, 0.1) is 5.92 Å². The minimum Gasteiger partial charge on any atom is -0.367 e. The summed E-state index contributed by atoms with van der Waals surface area (Å²) in [6, 6.07) is 0. The second kappa shape index (κ2) is 5.69. The second-order valence-electron chi connectivity index (χ2n) is 10.6. The number of rotatable bonds is 3. The molecule has 3 heterocycles. The summed E-state index contributed by atoms with van der Waals surface area (Å²) in [5.74, 6) is 0.455. The van der Waals surface area contributed by atoms with Crippen molar-refractivity contribution in [2.24, 2.45) is 11.7 Å². The van der Waals surface area contributed by atoms with Crippen LogP contribution >= 0.6 is 0 Å². The molecular weight excluding hydrogens is 342 g/mol. The van der Waals surface area contributed by atoms with Crippen molar-refractivity contribution in [3.63, 3.8) is 0 Å². The molecular formula is C22H35NO4. The van der Waals surface area contributed by atoms with Crippen molar-refractivity contribution >= 4 is 0 Å². The van der Waals surface area contributed by atoms with E-state index in [0.717, 1.165) is 50.9 Å². The zero-order chi connectivity index (χ0) is 18.3. The van der Waals surface area contributed by atoms with Crippen molar-refractivity contribution in [1.82, 2.24) is 0 Å². The van der Waals surface area contributed by atoms with Crippen LogP contribution in [0.3, 0.4) is 0 Å². The van der Waals surface area contributed by atoms with Crippen LogP contribution in [-0.4, -0.2) is 47.4 Å². The normalized spacial score (nSPS) is 53.3. The number of hydrogen-bond acceptors (Lipinski definition) is 5. The maximum atomic E-state index is 7.08. The Bertz CT molecular complexity index is 617. The van der Waals surface area contributed by atoms with Crippen molar-refractivity contribution in [2.45, 2.75) is 125 Å². The summed E-state index contributed by atoms with van der Waals surface area (Å²) in [5, 5.41) is 0. The average Bonchev–Trinajstić information content (AvgIpc) is 3.33. The Balaban J connectivity index is 1.35. The van der Waals surface area contributed by atoms with E-state index < -0.39 is 0 Å². The van der Waals surface area contributed by atoms with Crippen LogP contribution in [0.25, 0.3) is 0 Å². The molecule has 6 atom stereocenters. The molecule has 6 rings (SSSR count). The van der Waals surface area contributed by atoms with E-state index in [1.54, 1.807) is 0 Å². The van der Waals surface area contributed by atoms with Gasteiger partial charge in [0.2, 0.25) is 0 Å².